The summed E-state index contributed by atoms with van der Waals surface area (Å²) in [5, 5.41) is 4.66. The van der Waals surface area contributed by atoms with Crippen LogP contribution in [-0.4, -0.2) is 6.54 Å². The highest BCUT2D eigenvalue weighted by Gasteiger charge is 2.17. The van der Waals surface area contributed by atoms with Gasteiger partial charge in [-0.05, 0) is 42.8 Å². The largest absolute Gasteiger partial charge is 0.306 e. The summed E-state index contributed by atoms with van der Waals surface area (Å²) in [6.07, 6.45) is 0. The minimum absolute atomic E-state index is 0.0871. The van der Waals surface area contributed by atoms with Gasteiger partial charge in [0.1, 0.15) is 0 Å². The zero-order valence-corrected chi connectivity index (χ0v) is 14.5. The van der Waals surface area contributed by atoms with Gasteiger partial charge in [-0.15, -0.1) is 0 Å². The van der Waals surface area contributed by atoms with Crippen LogP contribution in [0.15, 0.2) is 40.9 Å². The second-order valence-corrected chi connectivity index (χ2v) is 6.36. The number of hydrogen-bond acceptors (Lipinski definition) is 1. The van der Waals surface area contributed by atoms with Gasteiger partial charge in [0.25, 0.3) is 0 Å². The molecule has 0 bridgehead atoms. The quantitative estimate of drug-likeness (QED) is 0.718. The fraction of sp³-hybridized carbons (Fsp3) is 0.250. The van der Waals surface area contributed by atoms with Gasteiger partial charge in [-0.3, -0.25) is 0 Å². The molecule has 106 valence electrons. The molecule has 0 spiro atoms. The first-order valence-electron chi connectivity index (χ1n) is 6.47. The maximum Gasteiger partial charge on any atom is 0.0595 e. The molecule has 0 saturated carbocycles. The van der Waals surface area contributed by atoms with Crippen LogP contribution in [0.5, 0.6) is 0 Å². The normalized spacial score (nSPS) is 12.4. The molecule has 20 heavy (non-hydrogen) atoms. The average Bonchev–Trinajstić information content (AvgIpc) is 2.42. The van der Waals surface area contributed by atoms with Crippen molar-refractivity contribution in [3.05, 3.63) is 67.6 Å². The summed E-state index contributed by atoms with van der Waals surface area (Å²) in [5.41, 5.74) is 3.53. The van der Waals surface area contributed by atoms with Gasteiger partial charge in [0, 0.05) is 4.47 Å². The molecule has 0 heterocycles. The Morgan fingerprint density at radius 3 is 2.50 bits per heavy atom. The second kappa shape index (κ2) is 6.95. The van der Waals surface area contributed by atoms with Gasteiger partial charge in [0.05, 0.1) is 16.1 Å². The molecule has 1 atom stereocenters. The van der Waals surface area contributed by atoms with Crippen molar-refractivity contribution in [3.63, 3.8) is 0 Å². The number of hydrogen-bond donors (Lipinski definition) is 1. The molecule has 1 unspecified atom stereocenters. The predicted molar refractivity (Wildman–Crippen MR) is 90.9 cm³/mol. The molecule has 0 fully saturated rings. The fourth-order valence-corrected chi connectivity index (χ4v) is 2.97. The lowest BCUT2D eigenvalue weighted by Crippen LogP contribution is -2.22. The van der Waals surface area contributed by atoms with Gasteiger partial charge in [0.2, 0.25) is 0 Å². The Morgan fingerprint density at radius 2 is 1.85 bits per heavy atom. The van der Waals surface area contributed by atoms with Crippen molar-refractivity contribution in [2.75, 3.05) is 6.54 Å². The van der Waals surface area contributed by atoms with E-state index in [9.17, 15) is 0 Å². The molecule has 1 N–H and O–H groups in total. The average molecular weight is 373 g/mol. The van der Waals surface area contributed by atoms with Crippen LogP contribution in [0.2, 0.25) is 10.0 Å². The maximum absolute atomic E-state index is 6.15. The Kier molecular flexibility index (Phi) is 5.50. The van der Waals surface area contributed by atoms with E-state index in [2.05, 4.69) is 53.3 Å². The Bertz CT molecular complexity index is 613. The maximum atomic E-state index is 6.15. The molecule has 0 aliphatic carbocycles. The molecule has 0 aliphatic rings. The van der Waals surface area contributed by atoms with E-state index in [1.807, 2.05) is 18.2 Å². The lowest BCUT2D eigenvalue weighted by molar-refractivity contribution is 0.628. The third kappa shape index (κ3) is 3.56. The molecule has 0 aliphatic heterocycles. The third-order valence-electron chi connectivity index (χ3n) is 3.15. The molecule has 0 amide bonds. The first kappa shape index (κ1) is 15.8. The number of nitrogens with one attached hydrogen (secondary N) is 1. The smallest absolute Gasteiger partial charge is 0.0595 e. The highest BCUT2D eigenvalue weighted by Crippen LogP contribution is 2.32. The Morgan fingerprint density at radius 1 is 1.10 bits per heavy atom. The monoisotopic (exact) mass is 371 g/mol. The SMILES string of the molecule is CCNC(c1ccc(Cl)c(Cl)c1)c1cc(C)ccc1Br. The lowest BCUT2D eigenvalue weighted by atomic mass is 9.97. The minimum atomic E-state index is 0.0871. The van der Waals surface area contributed by atoms with Crippen LogP contribution in [0.3, 0.4) is 0 Å². The van der Waals surface area contributed by atoms with Gasteiger partial charge in [-0.1, -0.05) is 69.8 Å². The van der Waals surface area contributed by atoms with Crippen LogP contribution in [0, 0.1) is 6.92 Å². The molecule has 4 heteroatoms. The predicted octanol–water partition coefficient (Wildman–Crippen LogP) is 5.76. The fourth-order valence-electron chi connectivity index (χ4n) is 2.19. The summed E-state index contributed by atoms with van der Waals surface area (Å²) in [5.74, 6) is 0. The van der Waals surface area contributed by atoms with Gasteiger partial charge >= 0.3 is 0 Å². The molecule has 2 aromatic carbocycles. The summed E-state index contributed by atoms with van der Waals surface area (Å²) < 4.78 is 1.08. The topological polar surface area (TPSA) is 12.0 Å². The van der Waals surface area contributed by atoms with Crippen LogP contribution in [0.4, 0.5) is 0 Å². The summed E-state index contributed by atoms with van der Waals surface area (Å²) in [7, 11) is 0. The van der Waals surface area contributed by atoms with E-state index >= 15 is 0 Å². The van der Waals surface area contributed by atoms with Crippen LogP contribution >= 0.6 is 39.1 Å². The standard InChI is InChI=1S/C16H16BrCl2N/c1-3-20-16(11-5-7-14(18)15(19)9-11)12-8-10(2)4-6-13(12)17/h4-9,16,20H,3H2,1-2H3. The van der Waals surface area contributed by atoms with E-state index in [1.54, 1.807) is 0 Å². The molecule has 0 radical (unpaired) electrons. The summed E-state index contributed by atoms with van der Waals surface area (Å²) in [6, 6.07) is 12.2. The minimum Gasteiger partial charge on any atom is -0.306 e. The molecule has 0 aromatic heterocycles. The van der Waals surface area contributed by atoms with Crippen molar-refractivity contribution in [2.45, 2.75) is 19.9 Å². The Balaban J connectivity index is 2.49. The van der Waals surface area contributed by atoms with Crippen LogP contribution in [0.25, 0.3) is 0 Å². The van der Waals surface area contributed by atoms with E-state index in [-0.39, 0.29) is 6.04 Å². The zero-order chi connectivity index (χ0) is 14.7. The van der Waals surface area contributed by atoms with Crippen molar-refractivity contribution in [1.82, 2.24) is 5.32 Å². The summed E-state index contributed by atoms with van der Waals surface area (Å²) in [4.78, 5) is 0. The van der Waals surface area contributed by atoms with Crippen molar-refractivity contribution >= 4 is 39.1 Å². The van der Waals surface area contributed by atoms with Crippen LogP contribution in [-0.2, 0) is 0 Å². The van der Waals surface area contributed by atoms with Crippen LogP contribution < -0.4 is 5.32 Å². The summed E-state index contributed by atoms with van der Waals surface area (Å²) >= 11 is 15.8. The highest BCUT2D eigenvalue weighted by molar-refractivity contribution is 9.10. The van der Waals surface area contributed by atoms with Crippen molar-refractivity contribution in [1.29, 1.82) is 0 Å². The first-order chi connectivity index (χ1) is 9.52. The van der Waals surface area contributed by atoms with Gasteiger partial charge < -0.3 is 5.32 Å². The molecular weight excluding hydrogens is 357 g/mol. The highest BCUT2D eigenvalue weighted by atomic mass is 79.9. The summed E-state index contributed by atoms with van der Waals surface area (Å²) in [6.45, 7) is 5.05. The third-order valence-corrected chi connectivity index (χ3v) is 4.61. The molecule has 2 rings (SSSR count). The van der Waals surface area contributed by atoms with E-state index in [1.165, 1.54) is 11.1 Å². The number of benzene rings is 2. The molecule has 0 saturated heterocycles. The van der Waals surface area contributed by atoms with Crippen molar-refractivity contribution in [2.24, 2.45) is 0 Å². The zero-order valence-electron chi connectivity index (χ0n) is 11.4. The second-order valence-electron chi connectivity index (χ2n) is 4.69. The number of halogens is 3. The number of aryl methyl sites for hydroxylation is 1. The Labute approximate surface area is 138 Å². The van der Waals surface area contributed by atoms with E-state index in [0.29, 0.717) is 10.0 Å². The van der Waals surface area contributed by atoms with Gasteiger partial charge in [-0.25, -0.2) is 0 Å². The van der Waals surface area contributed by atoms with E-state index < -0.39 is 0 Å². The number of rotatable bonds is 4. The van der Waals surface area contributed by atoms with Crippen molar-refractivity contribution < 1.29 is 0 Å². The molecular formula is C16H16BrCl2N. The first-order valence-corrected chi connectivity index (χ1v) is 8.02. The van der Waals surface area contributed by atoms with Crippen LogP contribution in [0.1, 0.15) is 29.7 Å². The Hall–Kier alpha value is -0.540. The van der Waals surface area contributed by atoms with Gasteiger partial charge in [-0.2, -0.15) is 0 Å². The molecule has 2 aromatic rings. The molecule has 1 nitrogen and oxygen atoms in total. The lowest BCUT2D eigenvalue weighted by Gasteiger charge is -2.21. The van der Waals surface area contributed by atoms with Gasteiger partial charge in [0.15, 0.2) is 0 Å². The van der Waals surface area contributed by atoms with E-state index in [4.69, 9.17) is 23.2 Å². The van der Waals surface area contributed by atoms with E-state index in [0.717, 1.165) is 16.6 Å². The van der Waals surface area contributed by atoms with Crippen molar-refractivity contribution in [3.8, 4) is 0 Å².